The third-order valence-electron chi connectivity index (χ3n) is 3.25. The molecule has 0 heterocycles. The van der Waals surface area contributed by atoms with Crippen molar-refractivity contribution in [1.29, 1.82) is 0 Å². The molecule has 0 radical (unpaired) electrons. The van der Waals surface area contributed by atoms with Gasteiger partial charge in [0.1, 0.15) is 5.56 Å². The standard InChI is InChI=1S/C16H12F5NO/c1-7(2)8-4-3-5-9(6-8)22-16(23)10-11(17)13(19)15(21)14(20)12(10)18/h3-7H,1-2H3,(H,22,23). The molecule has 2 rings (SSSR count). The van der Waals surface area contributed by atoms with Gasteiger partial charge in [-0.2, -0.15) is 0 Å². The van der Waals surface area contributed by atoms with Crippen LogP contribution in [0.1, 0.15) is 35.7 Å². The van der Waals surface area contributed by atoms with E-state index in [1.807, 2.05) is 13.8 Å². The average molecular weight is 329 g/mol. The smallest absolute Gasteiger partial charge is 0.261 e. The van der Waals surface area contributed by atoms with Crippen LogP contribution >= 0.6 is 0 Å². The molecule has 0 unspecified atom stereocenters. The van der Waals surface area contributed by atoms with Gasteiger partial charge in [-0.15, -0.1) is 0 Å². The molecule has 0 atom stereocenters. The molecular formula is C16H12F5NO. The van der Waals surface area contributed by atoms with Crippen molar-refractivity contribution >= 4 is 11.6 Å². The number of halogens is 5. The highest BCUT2D eigenvalue weighted by Gasteiger charge is 2.29. The molecule has 0 aliphatic carbocycles. The van der Waals surface area contributed by atoms with E-state index in [1.54, 1.807) is 18.2 Å². The quantitative estimate of drug-likeness (QED) is 0.491. The Balaban J connectivity index is 2.41. The lowest BCUT2D eigenvalue weighted by atomic mass is 10.0. The van der Waals surface area contributed by atoms with Gasteiger partial charge < -0.3 is 5.32 Å². The summed E-state index contributed by atoms with van der Waals surface area (Å²) in [4.78, 5) is 11.9. The molecule has 2 aromatic carbocycles. The summed E-state index contributed by atoms with van der Waals surface area (Å²) in [7, 11) is 0. The summed E-state index contributed by atoms with van der Waals surface area (Å²) in [5.74, 6) is -12.3. The predicted molar refractivity (Wildman–Crippen MR) is 74.7 cm³/mol. The Bertz CT molecular complexity index is 744. The summed E-state index contributed by atoms with van der Waals surface area (Å²) in [6.45, 7) is 3.79. The Morgan fingerprint density at radius 1 is 0.913 bits per heavy atom. The molecule has 0 aromatic heterocycles. The number of benzene rings is 2. The van der Waals surface area contributed by atoms with Gasteiger partial charge >= 0.3 is 0 Å². The van der Waals surface area contributed by atoms with Crippen molar-refractivity contribution < 1.29 is 26.7 Å². The number of carbonyl (C=O) groups is 1. The minimum absolute atomic E-state index is 0.126. The van der Waals surface area contributed by atoms with E-state index in [0.29, 0.717) is 0 Å². The monoisotopic (exact) mass is 329 g/mol. The number of nitrogens with one attached hydrogen (secondary N) is 1. The van der Waals surface area contributed by atoms with Crippen molar-refractivity contribution in [3.63, 3.8) is 0 Å². The molecule has 0 aliphatic rings. The van der Waals surface area contributed by atoms with E-state index in [4.69, 9.17) is 0 Å². The van der Waals surface area contributed by atoms with Crippen LogP contribution in [-0.4, -0.2) is 5.91 Å². The fraction of sp³-hybridized carbons (Fsp3) is 0.188. The van der Waals surface area contributed by atoms with Gasteiger partial charge in [0, 0.05) is 5.69 Å². The summed E-state index contributed by atoms with van der Waals surface area (Å²) >= 11 is 0. The maximum atomic E-state index is 13.6. The van der Waals surface area contributed by atoms with Gasteiger partial charge in [-0.3, -0.25) is 4.79 Å². The molecule has 23 heavy (non-hydrogen) atoms. The lowest BCUT2D eigenvalue weighted by Crippen LogP contribution is -2.19. The molecular weight excluding hydrogens is 317 g/mol. The van der Waals surface area contributed by atoms with Gasteiger partial charge in [-0.1, -0.05) is 26.0 Å². The molecule has 0 fully saturated rings. The predicted octanol–water partition coefficient (Wildman–Crippen LogP) is 4.76. The minimum atomic E-state index is -2.31. The van der Waals surface area contributed by atoms with Crippen LogP contribution in [0.4, 0.5) is 27.6 Å². The van der Waals surface area contributed by atoms with E-state index in [1.165, 1.54) is 6.07 Å². The van der Waals surface area contributed by atoms with Gasteiger partial charge in [0.25, 0.3) is 5.91 Å². The molecule has 122 valence electrons. The number of amides is 1. The Labute approximate surface area is 128 Å². The molecule has 2 aromatic rings. The lowest BCUT2D eigenvalue weighted by molar-refractivity contribution is 0.101. The van der Waals surface area contributed by atoms with Crippen molar-refractivity contribution in [2.24, 2.45) is 0 Å². The SMILES string of the molecule is CC(C)c1cccc(NC(=O)c2c(F)c(F)c(F)c(F)c2F)c1. The Morgan fingerprint density at radius 2 is 1.43 bits per heavy atom. The van der Waals surface area contributed by atoms with E-state index < -0.39 is 40.6 Å². The molecule has 0 bridgehead atoms. The summed E-state index contributed by atoms with van der Waals surface area (Å²) in [5, 5.41) is 2.13. The van der Waals surface area contributed by atoms with Crippen LogP contribution in [0.3, 0.4) is 0 Å². The second-order valence-electron chi connectivity index (χ2n) is 5.18. The highest BCUT2D eigenvalue weighted by Crippen LogP contribution is 2.24. The maximum Gasteiger partial charge on any atom is 0.261 e. The zero-order valence-electron chi connectivity index (χ0n) is 12.2. The van der Waals surface area contributed by atoms with Crippen LogP contribution in [0.5, 0.6) is 0 Å². The fourth-order valence-electron chi connectivity index (χ4n) is 1.97. The molecule has 1 N–H and O–H groups in total. The summed E-state index contributed by atoms with van der Waals surface area (Å²) in [5.41, 5.74) is -0.498. The zero-order chi connectivity index (χ0) is 17.3. The van der Waals surface area contributed by atoms with Crippen LogP contribution in [0, 0.1) is 29.1 Å². The first-order chi connectivity index (χ1) is 10.7. The number of rotatable bonds is 3. The summed E-state index contributed by atoms with van der Waals surface area (Å²) in [6, 6.07) is 6.37. The summed E-state index contributed by atoms with van der Waals surface area (Å²) < 4.78 is 66.4. The van der Waals surface area contributed by atoms with E-state index in [-0.39, 0.29) is 11.6 Å². The third kappa shape index (κ3) is 3.18. The van der Waals surface area contributed by atoms with Crippen LogP contribution in [0.15, 0.2) is 24.3 Å². The first-order valence-corrected chi connectivity index (χ1v) is 6.66. The van der Waals surface area contributed by atoms with Gasteiger partial charge in [0.15, 0.2) is 23.3 Å². The second kappa shape index (κ2) is 6.36. The van der Waals surface area contributed by atoms with Crippen molar-refractivity contribution in [2.75, 3.05) is 5.32 Å². The van der Waals surface area contributed by atoms with Crippen LogP contribution in [0.25, 0.3) is 0 Å². The van der Waals surface area contributed by atoms with Crippen LogP contribution in [-0.2, 0) is 0 Å². The normalized spacial score (nSPS) is 11.0. The van der Waals surface area contributed by atoms with Crippen molar-refractivity contribution in [3.05, 3.63) is 64.5 Å². The third-order valence-corrected chi connectivity index (χ3v) is 3.25. The first kappa shape index (κ1) is 16.9. The molecule has 0 aliphatic heterocycles. The minimum Gasteiger partial charge on any atom is -0.322 e. The second-order valence-corrected chi connectivity index (χ2v) is 5.18. The highest BCUT2D eigenvalue weighted by molar-refractivity contribution is 6.04. The molecule has 0 saturated heterocycles. The molecule has 1 amide bonds. The molecule has 2 nitrogen and oxygen atoms in total. The Morgan fingerprint density at radius 3 is 1.96 bits per heavy atom. The van der Waals surface area contributed by atoms with Gasteiger partial charge in [-0.25, -0.2) is 22.0 Å². The van der Waals surface area contributed by atoms with Crippen LogP contribution in [0.2, 0.25) is 0 Å². The summed E-state index contributed by atoms with van der Waals surface area (Å²) in [6.07, 6.45) is 0. The van der Waals surface area contributed by atoms with Gasteiger partial charge in [0.05, 0.1) is 0 Å². The Kier molecular flexibility index (Phi) is 4.68. The number of hydrogen-bond acceptors (Lipinski definition) is 1. The number of anilines is 1. The zero-order valence-corrected chi connectivity index (χ0v) is 12.2. The molecule has 0 spiro atoms. The largest absolute Gasteiger partial charge is 0.322 e. The Hall–Kier alpha value is -2.44. The first-order valence-electron chi connectivity index (χ1n) is 6.66. The van der Waals surface area contributed by atoms with Gasteiger partial charge in [0.2, 0.25) is 5.82 Å². The maximum absolute atomic E-state index is 13.6. The number of hydrogen-bond donors (Lipinski definition) is 1. The lowest BCUT2D eigenvalue weighted by Gasteiger charge is -2.11. The van der Waals surface area contributed by atoms with Gasteiger partial charge in [-0.05, 0) is 23.6 Å². The van der Waals surface area contributed by atoms with Crippen LogP contribution < -0.4 is 5.32 Å². The van der Waals surface area contributed by atoms with E-state index in [9.17, 15) is 26.7 Å². The number of carbonyl (C=O) groups excluding carboxylic acids is 1. The van der Waals surface area contributed by atoms with Crippen molar-refractivity contribution in [1.82, 2.24) is 0 Å². The van der Waals surface area contributed by atoms with E-state index in [2.05, 4.69) is 5.32 Å². The van der Waals surface area contributed by atoms with E-state index >= 15 is 0 Å². The molecule has 0 saturated carbocycles. The van der Waals surface area contributed by atoms with Crippen molar-refractivity contribution in [3.8, 4) is 0 Å². The average Bonchev–Trinajstić information content (AvgIpc) is 2.51. The van der Waals surface area contributed by atoms with E-state index in [0.717, 1.165) is 5.56 Å². The molecule has 7 heteroatoms. The van der Waals surface area contributed by atoms with Crippen molar-refractivity contribution in [2.45, 2.75) is 19.8 Å². The highest BCUT2D eigenvalue weighted by atomic mass is 19.2. The fourth-order valence-corrected chi connectivity index (χ4v) is 1.97. The topological polar surface area (TPSA) is 29.1 Å².